The fourth-order valence-electron chi connectivity index (χ4n) is 6.37. The maximum atomic E-state index is 13.7. The van der Waals surface area contributed by atoms with Crippen LogP contribution in [0.25, 0.3) is 0 Å². The molecule has 33 heavy (non-hydrogen) atoms. The Bertz CT molecular complexity index is 909. The fraction of sp³-hybridized carbons (Fsp3) is 0.615. The minimum Gasteiger partial charge on any atom is -0.358 e. The number of fused-ring (bicyclic) bond motifs is 2. The van der Waals surface area contributed by atoms with E-state index in [1.165, 1.54) is 17.5 Å². The van der Waals surface area contributed by atoms with Gasteiger partial charge in [-0.2, -0.15) is 0 Å². The van der Waals surface area contributed by atoms with Crippen LogP contribution in [0.2, 0.25) is 0 Å². The van der Waals surface area contributed by atoms with Crippen LogP contribution in [-0.4, -0.2) is 61.8 Å². The van der Waals surface area contributed by atoms with Crippen LogP contribution in [0.3, 0.4) is 0 Å². The molecule has 2 saturated heterocycles. The van der Waals surface area contributed by atoms with Gasteiger partial charge in [0.25, 0.3) is 0 Å². The lowest BCUT2D eigenvalue weighted by Crippen LogP contribution is -2.56. The summed E-state index contributed by atoms with van der Waals surface area (Å²) in [5.74, 6) is -0.152. The molecule has 3 N–H and O–H groups in total. The van der Waals surface area contributed by atoms with E-state index >= 15 is 0 Å². The van der Waals surface area contributed by atoms with E-state index in [4.69, 9.17) is 4.74 Å². The van der Waals surface area contributed by atoms with Crippen LogP contribution in [0.1, 0.15) is 55.7 Å². The summed E-state index contributed by atoms with van der Waals surface area (Å²) in [5, 5.41) is 9.64. The highest BCUT2D eigenvalue weighted by Gasteiger charge is 2.55. The van der Waals surface area contributed by atoms with E-state index in [2.05, 4.69) is 52.4 Å². The molecular weight excluding hydrogens is 416 g/mol. The van der Waals surface area contributed by atoms with Crippen LogP contribution >= 0.6 is 0 Å². The third-order valence-corrected chi connectivity index (χ3v) is 8.02. The van der Waals surface area contributed by atoms with Gasteiger partial charge in [-0.05, 0) is 50.3 Å². The van der Waals surface area contributed by atoms with Crippen molar-refractivity contribution in [2.24, 2.45) is 5.41 Å². The first-order valence-corrected chi connectivity index (χ1v) is 12.5. The van der Waals surface area contributed by atoms with Crippen molar-refractivity contribution in [2.75, 3.05) is 26.7 Å². The largest absolute Gasteiger partial charge is 0.358 e. The highest BCUT2D eigenvalue weighted by Crippen LogP contribution is 2.50. The number of likely N-dealkylation sites (N-methyl/N-ethyl adjacent to an activating group) is 1. The summed E-state index contributed by atoms with van der Waals surface area (Å²) >= 11 is 0. The zero-order valence-corrected chi connectivity index (χ0v) is 19.5. The summed E-state index contributed by atoms with van der Waals surface area (Å²) < 4.78 is 6.22. The first kappa shape index (κ1) is 22.6. The normalized spacial score (nSPS) is 30.2. The number of hydrogen-bond donors (Lipinski definition) is 3. The lowest BCUT2D eigenvalue weighted by molar-refractivity contribution is -0.144. The van der Waals surface area contributed by atoms with Gasteiger partial charge < -0.3 is 25.6 Å². The Morgan fingerprint density at radius 1 is 1.18 bits per heavy atom. The zero-order chi connectivity index (χ0) is 22.8. The Hall–Kier alpha value is -2.22. The molecule has 0 radical (unpaired) electrons. The zero-order valence-electron chi connectivity index (χ0n) is 19.5. The molecule has 1 aromatic carbocycles. The van der Waals surface area contributed by atoms with Gasteiger partial charge in [0.1, 0.15) is 12.3 Å². The predicted molar refractivity (Wildman–Crippen MR) is 126 cm³/mol. The molecule has 0 aromatic heterocycles. The van der Waals surface area contributed by atoms with Crippen molar-refractivity contribution in [1.82, 2.24) is 20.9 Å². The van der Waals surface area contributed by atoms with Gasteiger partial charge in [-0.15, -0.1) is 0 Å². The van der Waals surface area contributed by atoms with Gasteiger partial charge in [0.15, 0.2) is 0 Å². The Balaban J connectivity index is 1.37. The monoisotopic (exact) mass is 452 g/mol. The molecule has 4 aliphatic rings. The van der Waals surface area contributed by atoms with Gasteiger partial charge >= 0.3 is 0 Å². The molecule has 2 aliphatic carbocycles. The fourth-order valence-corrected chi connectivity index (χ4v) is 6.37. The maximum Gasteiger partial charge on any atom is 0.247 e. The molecule has 2 aliphatic heterocycles. The van der Waals surface area contributed by atoms with Gasteiger partial charge in [-0.1, -0.05) is 36.4 Å². The van der Waals surface area contributed by atoms with Gasteiger partial charge in [0, 0.05) is 30.8 Å². The SMILES string of the molecule is CNCC(=O)N[C@H]1CCO[C@H]2CC3(CC=CC3)C(CN[C@@H]3CCCc4ccccc43)N2C1=O. The molecule has 1 unspecified atom stereocenters. The second-order valence-electron chi connectivity index (χ2n) is 10.0. The molecule has 7 heteroatoms. The Labute approximate surface area is 196 Å². The van der Waals surface area contributed by atoms with Gasteiger partial charge in [0.2, 0.25) is 11.8 Å². The van der Waals surface area contributed by atoms with Gasteiger partial charge in [-0.25, -0.2) is 0 Å². The van der Waals surface area contributed by atoms with Crippen LogP contribution in [0.4, 0.5) is 0 Å². The minimum absolute atomic E-state index is 0.00146. The summed E-state index contributed by atoms with van der Waals surface area (Å²) in [5.41, 5.74) is 2.84. The third-order valence-electron chi connectivity index (χ3n) is 8.02. The van der Waals surface area contributed by atoms with Crippen molar-refractivity contribution in [3.63, 3.8) is 0 Å². The van der Waals surface area contributed by atoms with E-state index in [-0.39, 0.29) is 36.0 Å². The molecular formula is C26H36N4O3. The second-order valence-corrected chi connectivity index (χ2v) is 10.0. The van der Waals surface area contributed by atoms with Crippen molar-refractivity contribution in [3.05, 3.63) is 47.5 Å². The maximum absolute atomic E-state index is 13.7. The number of nitrogens with one attached hydrogen (secondary N) is 3. The van der Waals surface area contributed by atoms with Crippen molar-refractivity contribution in [2.45, 2.75) is 69.3 Å². The number of amides is 2. The van der Waals surface area contributed by atoms with Crippen molar-refractivity contribution < 1.29 is 14.3 Å². The predicted octanol–water partition coefficient (Wildman–Crippen LogP) is 2.04. The molecule has 2 fully saturated rings. The Kier molecular flexibility index (Phi) is 6.54. The Morgan fingerprint density at radius 3 is 2.82 bits per heavy atom. The molecule has 1 spiro atoms. The summed E-state index contributed by atoms with van der Waals surface area (Å²) in [7, 11) is 1.73. The number of carbonyl (C=O) groups excluding carboxylic acids is 2. The lowest BCUT2D eigenvalue weighted by Gasteiger charge is -2.38. The van der Waals surface area contributed by atoms with E-state index in [0.29, 0.717) is 19.1 Å². The molecule has 178 valence electrons. The van der Waals surface area contributed by atoms with E-state index in [9.17, 15) is 9.59 Å². The van der Waals surface area contributed by atoms with E-state index in [1.54, 1.807) is 7.05 Å². The van der Waals surface area contributed by atoms with Crippen LogP contribution in [-0.2, 0) is 20.7 Å². The summed E-state index contributed by atoms with van der Waals surface area (Å²) in [6.07, 6.45) is 11.1. The molecule has 2 amide bonds. The van der Waals surface area contributed by atoms with Gasteiger partial charge in [0.05, 0.1) is 19.2 Å². The third kappa shape index (κ3) is 4.34. The van der Waals surface area contributed by atoms with Crippen LogP contribution in [0.15, 0.2) is 36.4 Å². The quantitative estimate of drug-likeness (QED) is 0.576. The number of aryl methyl sites for hydroxylation is 1. The summed E-state index contributed by atoms with van der Waals surface area (Å²) in [4.78, 5) is 27.9. The Morgan fingerprint density at radius 2 is 2.00 bits per heavy atom. The molecule has 0 saturated carbocycles. The number of rotatable bonds is 6. The van der Waals surface area contributed by atoms with E-state index in [1.807, 2.05) is 4.90 Å². The number of hydrogen-bond acceptors (Lipinski definition) is 5. The molecule has 5 rings (SSSR count). The van der Waals surface area contributed by atoms with E-state index < -0.39 is 6.04 Å². The standard InChI is InChI=1S/C26H36N4O3/c1-27-17-23(31)29-21-11-14-33-24-15-26(12-4-5-13-26)22(30(24)25(21)32)16-28-20-10-6-8-18-7-2-3-9-19(18)20/h2-5,7,9,20-22,24,27-28H,6,8,10-17H2,1H3,(H,29,31)/t20-,21+,22?,24+/m1/s1. The second kappa shape index (κ2) is 9.57. The van der Waals surface area contributed by atoms with Crippen LogP contribution in [0, 0.1) is 5.41 Å². The van der Waals surface area contributed by atoms with Crippen molar-refractivity contribution in [3.8, 4) is 0 Å². The first-order valence-electron chi connectivity index (χ1n) is 12.5. The molecule has 2 heterocycles. The van der Waals surface area contributed by atoms with Crippen LogP contribution in [0.5, 0.6) is 0 Å². The molecule has 0 bridgehead atoms. The minimum atomic E-state index is -0.529. The average Bonchev–Trinajstić information content (AvgIpc) is 3.37. The van der Waals surface area contributed by atoms with Crippen molar-refractivity contribution >= 4 is 11.8 Å². The number of carbonyl (C=O) groups is 2. The number of ether oxygens (including phenoxy) is 1. The van der Waals surface area contributed by atoms with Crippen LogP contribution < -0.4 is 16.0 Å². The van der Waals surface area contributed by atoms with Crippen molar-refractivity contribution in [1.29, 1.82) is 0 Å². The average molecular weight is 453 g/mol. The molecule has 1 aromatic rings. The highest BCUT2D eigenvalue weighted by molar-refractivity contribution is 5.89. The number of nitrogens with zero attached hydrogens (tertiary/aromatic N) is 1. The van der Waals surface area contributed by atoms with Gasteiger partial charge in [-0.3, -0.25) is 9.59 Å². The topological polar surface area (TPSA) is 82.7 Å². The molecule has 7 nitrogen and oxygen atoms in total. The lowest BCUT2D eigenvalue weighted by atomic mass is 9.77. The smallest absolute Gasteiger partial charge is 0.247 e. The molecule has 4 atom stereocenters. The first-order chi connectivity index (χ1) is 16.1. The summed E-state index contributed by atoms with van der Waals surface area (Å²) in [6, 6.07) is 8.55. The summed E-state index contributed by atoms with van der Waals surface area (Å²) in [6.45, 7) is 1.43. The number of allylic oxidation sites excluding steroid dienone is 2. The van der Waals surface area contributed by atoms with E-state index in [0.717, 1.165) is 38.6 Å². The number of benzene rings is 1. The highest BCUT2D eigenvalue weighted by atomic mass is 16.5.